The first kappa shape index (κ1) is 28.7. The summed E-state index contributed by atoms with van der Waals surface area (Å²) in [6.45, 7) is 9.15. The van der Waals surface area contributed by atoms with Gasteiger partial charge in [0.1, 0.15) is 24.2 Å². The molecule has 0 saturated carbocycles. The van der Waals surface area contributed by atoms with E-state index in [1.165, 1.54) is 19.1 Å². The number of fused-ring (bicyclic) bond motifs is 2. The molecule has 2 bridgehead atoms. The van der Waals surface area contributed by atoms with Crippen molar-refractivity contribution in [2.45, 2.75) is 65.7 Å². The largest absolute Gasteiger partial charge is 0.460 e. The zero-order valence-electron chi connectivity index (χ0n) is 21.3. The van der Waals surface area contributed by atoms with E-state index in [1.807, 2.05) is 20.8 Å². The van der Waals surface area contributed by atoms with Crippen LogP contribution < -0.4 is 10.6 Å². The number of Topliss-reactive ketones (excluding diaryl/α,β-unsaturated/α-hetero) is 1. The van der Waals surface area contributed by atoms with Crippen LogP contribution in [-0.2, 0) is 25.5 Å². The highest BCUT2D eigenvalue weighted by molar-refractivity contribution is 5.95. The highest BCUT2D eigenvalue weighted by atomic mass is 16.5. The molecule has 10 nitrogen and oxygen atoms in total. The molecule has 1 aliphatic heterocycles. The number of carbonyl (C=O) groups is 4. The summed E-state index contributed by atoms with van der Waals surface area (Å²) in [5.74, 6) is -2.20. The molecule has 0 saturated heterocycles. The van der Waals surface area contributed by atoms with Gasteiger partial charge < -0.3 is 24.9 Å². The van der Waals surface area contributed by atoms with Crippen molar-refractivity contribution in [2.24, 2.45) is 11.8 Å². The van der Waals surface area contributed by atoms with Crippen LogP contribution in [-0.4, -0.2) is 58.5 Å². The van der Waals surface area contributed by atoms with E-state index in [1.54, 1.807) is 25.2 Å². The molecule has 1 aliphatic rings. The van der Waals surface area contributed by atoms with Crippen molar-refractivity contribution in [2.75, 3.05) is 6.54 Å². The maximum Gasteiger partial charge on any atom is 0.328 e. The molecule has 1 aromatic heterocycles. The lowest BCUT2D eigenvalue weighted by atomic mass is 9.94. The van der Waals surface area contributed by atoms with Gasteiger partial charge in [-0.15, -0.1) is 0 Å². The third kappa shape index (κ3) is 9.26. The number of oxazole rings is 1. The predicted octanol–water partition coefficient (Wildman–Crippen LogP) is 2.05. The van der Waals surface area contributed by atoms with Gasteiger partial charge in [0.25, 0.3) is 5.91 Å². The molecule has 10 heteroatoms. The van der Waals surface area contributed by atoms with Crippen molar-refractivity contribution < 1.29 is 33.4 Å². The van der Waals surface area contributed by atoms with Gasteiger partial charge in [-0.2, -0.15) is 0 Å². The number of hydrogen-bond acceptors (Lipinski definition) is 8. The summed E-state index contributed by atoms with van der Waals surface area (Å²) in [5.41, 5.74) is 0.637. The fraction of sp³-hybridized carbons (Fsp3) is 0.500. The Morgan fingerprint density at radius 3 is 2.56 bits per heavy atom. The Kier molecular flexibility index (Phi) is 10.8. The number of aliphatic hydroxyl groups excluding tert-OH is 1. The first-order valence-electron chi connectivity index (χ1n) is 11.9. The number of hydrogen-bond donors (Lipinski definition) is 3. The highest BCUT2D eigenvalue weighted by Crippen LogP contribution is 2.19. The van der Waals surface area contributed by atoms with Crippen LogP contribution in [0.5, 0.6) is 0 Å². The molecule has 196 valence electrons. The van der Waals surface area contributed by atoms with Crippen molar-refractivity contribution in [3.63, 3.8) is 0 Å². The van der Waals surface area contributed by atoms with E-state index in [0.717, 1.165) is 11.8 Å². The van der Waals surface area contributed by atoms with E-state index >= 15 is 0 Å². The zero-order chi connectivity index (χ0) is 26.8. The molecule has 0 radical (unpaired) electrons. The average molecular weight is 502 g/mol. The number of nitrogens with one attached hydrogen (secondary N) is 2. The smallest absolute Gasteiger partial charge is 0.328 e. The Balaban J connectivity index is 2.25. The maximum absolute atomic E-state index is 12.7. The quantitative estimate of drug-likeness (QED) is 0.495. The molecule has 2 rings (SSSR count). The van der Waals surface area contributed by atoms with Crippen LogP contribution in [0.1, 0.15) is 57.4 Å². The van der Waals surface area contributed by atoms with Crippen molar-refractivity contribution in [3.05, 3.63) is 53.8 Å². The predicted molar refractivity (Wildman–Crippen MR) is 132 cm³/mol. The van der Waals surface area contributed by atoms with Gasteiger partial charge in [-0.05, 0) is 25.8 Å². The number of allylic oxidation sites excluding steroid dienone is 2. The number of rotatable bonds is 1. The number of amides is 2. The molecular formula is C26H35N3O7. The van der Waals surface area contributed by atoms with Gasteiger partial charge in [0, 0.05) is 18.9 Å². The molecular weight excluding hydrogens is 466 g/mol. The van der Waals surface area contributed by atoms with E-state index in [-0.39, 0.29) is 54.5 Å². The Morgan fingerprint density at radius 1 is 1.14 bits per heavy atom. The summed E-state index contributed by atoms with van der Waals surface area (Å²) < 4.78 is 10.9. The van der Waals surface area contributed by atoms with Crippen LogP contribution in [0.2, 0.25) is 0 Å². The first-order valence-corrected chi connectivity index (χ1v) is 11.9. The van der Waals surface area contributed by atoms with Gasteiger partial charge in [0.2, 0.25) is 11.8 Å². The second kappa shape index (κ2) is 13.5. The molecule has 0 fully saturated rings. The highest BCUT2D eigenvalue weighted by Gasteiger charge is 2.28. The third-order valence-electron chi connectivity index (χ3n) is 5.48. The third-order valence-corrected chi connectivity index (χ3v) is 5.48. The monoisotopic (exact) mass is 501 g/mol. The molecule has 1 aromatic rings. The van der Waals surface area contributed by atoms with Crippen LogP contribution in [0, 0.1) is 11.8 Å². The van der Waals surface area contributed by atoms with Crippen molar-refractivity contribution in [3.8, 4) is 0 Å². The molecule has 36 heavy (non-hydrogen) atoms. The Morgan fingerprint density at radius 2 is 1.86 bits per heavy atom. The fourth-order valence-electron chi connectivity index (χ4n) is 3.62. The van der Waals surface area contributed by atoms with Gasteiger partial charge in [0.15, 0.2) is 5.69 Å². The molecule has 0 aromatic carbocycles. The minimum absolute atomic E-state index is 0.0304. The Bertz CT molecular complexity index is 1040. The molecule has 2 heterocycles. The van der Waals surface area contributed by atoms with Gasteiger partial charge >= 0.3 is 5.97 Å². The van der Waals surface area contributed by atoms with Gasteiger partial charge in [-0.25, -0.2) is 9.78 Å². The van der Waals surface area contributed by atoms with E-state index in [2.05, 4.69) is 15.6 Å². The number of aliphatic hydroxyl groups is 1. The van der Waals surface area contributed by atoms with Crippen molar-refractivity contribution in [1.82, 2.24) is 15.6 Å². The molecule has 4 atom stereocenters. The topological polar surface area (TPSA) is 148 Å². The second-order valence-electron chi connectivity index (χ2n) is 9.23. The minimum atomic E-state index is -1.01. The fourth-order valence-corrected chi connectivity index (χ4v) is 3.62. The average Bonchev–Trinajstić information content (AvgIpc) is 3.25. The maximum atomic E-state index is 12.7. The molecule has 0 aliphatic carbocycles. The number of esters is 1. The lowest BCUT2D eigenvalue weighted by Gasteiger charge is -2.27. The first-order chi connectivity index (χ1) is 17.0. The summed E-state index contributed by atoms with van der Waals surface area (Å²) in [7, 11) is 0. The van der Waals surface area contributed by atoms with Crippen LogP contribution in [0.4, 0.5) is 0 Å². The normalized spacial score (nSPS) is 26.6. The van der Waals surface area contributed by atoms with Crippen LogP contribution >= 0.6 is 0 Å². The number of carbonyl (C=O) groups excluding carboxylic acids is 4. The van der Waals surface area contributed by atoms with Crippen LogP contribution in [0.25, 0.3) is 0 Å². The van der Waals surface area contributed by atoms with Gasteiger partial charge in [-0.3, -0.25) is 14.4 Å². The molecule has 2 amide bonds. The van der Waals surface area contributed by atoms with E-state index in [0.29, 0.717) is 0 Å². The van der Waals surface area contributed by atoms with Crippen molar-refractivity contribution in [1.29, 1.82) is 0 Å². The molecule has 4 unspecified atom stereocenters. The van der Waals surface area contributed by atoms with E-state index < -0.39 is 30.1 Å². The standard InChI is InChI=1S/C26H35N3O7/c1-15(2)24-17(4)8-9-22(32)27-10-6-7-16(3)11-19(30)12-20(31)13-23-29-21(14-35-23)25(33)28-18(5)26(34)36-24/h6-9,11,14-15,17-19,24,30H,10,12-13H2,1-5H3,(H,27,32)(H,28,33)/b7-6?,9-8+,16-11?. The Labute approximate surface area is 210 Å². The second-order valence-corrected chi connectivity index (χ2v) is 9.23. The SMILES string of the molecule is CC1=CC(O)CC(=O)Cc2nc(co2)C(=O)NC(C)C(=O)OC(C(C)C)C(C)/C=C/C(=O)NCC=C1. The van der Waals surface area contributed by atoms with E-state index in [9.17, 15) is 24.3 Å². The van der Waals surface area contributed by atoms with Crippen LogP contribution in [0.15, 0.2) is 46.6 Å². The summed E-state index contributed by atoms with van der Waals surface area (Å²) in [6, 6.07) is -0.974. The molecule has 3 N–H and O–H groups in total. The van der Waals surface area contributed by atoms with E-state index in [4.69, 9.17) is 9.15 Å². The summed E-state index contributed by atoms with van der Waals surface area (Å²) in [6.07, 6.45) is 7.27. The van der Waals surface area contributed by atoms with Gasteiger partial charge in [-0.1, -0.05) is 50.6 Å². The number of nitrogens with zero attached hydrogens (tertiary/aromatic N) is 1. The van der Waals surface area contributed by atoms with Crippen molar-refractivity contribution >= 4 is 23.6 Å². The lowest BCUT2D eigenvalue weighted by molar-refractivity contribution is -0.155. The molecule has 0 spiro atoms. The number of aromatic nitrogens is 1. The summed E-state index contributed by atoms with van der Waals surface area (Å²) in [5, 5.41) is 15.4. The lowest BCUT2D eigenvalue weighted by Crippen LogP contribution is -2.42. The Hall–Kier alpha value is -3.53. The zero-order valence-corrected chi connectivity index (χ0v) is 21.3. The van der Waals surface area contributed by atoms with Gasteiger partial charge in [0.05, 0.1) is 12.5 Å². The number of ether oxygens (including phenoxy) is 1. The number of ketones is 1. The number of cyclic esters (lactones) is 1. The summed E-state index contributed by atoms with van der Waals surface area (Å²) >= 11 is 0. The summed E-state index contributed by atoms with van der Waals surface area (Å²) in [4.78, 5) is 53.7. The minimum Gasteiger partial charge on any atom is -0.460 e. The van der Waals surface area contributed by atoms with Crippen LogP contribution in [0.3, 0.4) is 0 Å².